The van der Waals surface area contributed by atoms with Crippen LogP contribution in [0.5, 0.6) is 0 Å². The summed E-state index contributed by atoms with van der Waals surface area (Å²) in [6.07, 6.45) is 36.1. The first kappa shape index (κ1) is 54.2. The van der Waals surface area contributed by atoms with Crippen LogP contribution >= 0.6 is 0 Å². The molecule has 4 N–H and O–H groups in total. The summed E-state index contributed by atoms with van der Waals surface area (Å²) in [5, 5.41) is 40.1. The van der Waals surface area contributed by atoms with Crippen molar-refractivity contribution in [1.29, 1.82) is 0 Å². The average Bonchev–Trinajstić information content (AvgIpc) is 3.22. The topological polar surface area (TPSA) is 152 Å². The normalized spacial score (nSPS) is 20.3. The molecule has 0 aliphatic carbocycles. The molecule has 0 radical (unpaired) electrons. The first-order valence-electron chi connectivity index (χ1n) is 23.9. The Bertz CT molecular complexity index is 1000. The van der Waals surface area contributed by atoms with Gasteiger partial charge in [0.2, 0.25) is 0 Å². The predicted molar refractivity (Wildman–Crippen MR) is 233 cm³/mol. The van der Waals surface area contributed by atoms with E-state index < -0.39 is 49.4 Å². The van der Waals surface area contributed by atoms with Gasteiger partial charge in [-0.25, -0.2) is 0 Å². The Morgan fingerprint density at radius 3 is 1.48 bits per heavy atom. The zero-order valence-corrected chi connectivity index (χ0v) is 37.1. The van der Waals surface area contributed by atoms with Gasteiger partial charge in [-0.05, 0) is 38.5 Å². The number of ether oxygens (including phenoxy) is 4. The van der Waals surface area contributed by atoms with Crippen molar-refractivity contribution >= 4 is 11.9 Å². The number of hydrogen-bond donors (Lipinski definition) is 4. The van der Waals surface area contributed by atoms with Crippen LogP contribution in [0, 0.1) is 0 Å². The fourth-order valence-corrected chi connectivity index (χ4v) is 7.26. The quantitative estimate of drug-likeness (QED) is 0.0267. The first-order chi connectivity index (χ1) is 28.3. The molecule has 0 aromatic carbocycles. The average molecular weight is 825 g/mol. The molecule has 0 spiro atoms. The van der Waals surface area contributed by atoms with Crippen LogP contribution in [0.3, 0.4) is 0 Å². The molecule has 1 heterocycles. The van der Waals surface area contributed by atoms with Crippen molar-refractivity contribution in [3.8, 4) is 0 Å². The molecule has 0 bridgehead atoms. The van der Waals surface area contributed by atoms with Crippen LogP contribution in [-0.2, 0) is 28.5 Å². The minimum absolute atomic E-state index is 0.221. The van der Waals surface area contributed by atoms with E-state index in [1.54, 1.807) is 0 Å². The third-order valence-corrected chi connectivity index (χ3v) is 11.1. The third-order valence-electron chi connectivity index (χ3n) is 11.1. The second-order valence-corrected chi connectivity index (χ2v) is 16.6. The molecular formula is C48H88O10. The summed E-state index contributed by atoms with van der Waals surface area (Å²) in [5.41, 5.74) is 0. The van der Waals surface area contributed by atoms with Crippen LogP contribution in [0.1, 0.15) is 213 Å². The van der Waals surface area contributed by atoms with Crippen LogP contribution in [0.25, 0.3) is 0 Å². The highest BCUT2D eigenvalue weighted by molar-refractivity contribution is 5.70. The van der Waals surface area contributed by atoms with Crippen molar-refractivity contribution < 1.29 is 49.0 Å². The molecule has 10 nitrogen and oxygen atoms in total. The van der Waals surface area contributed by atoms with Crippen molar-refractivity contribution in [1.82, 2.24) is 0 Å². The van der Waals surface area contributed by atoms with Gasteiger partial charge in [-0.3, -0.25) is 9.59 Å². The molecule has 10 heteroatoms. The number of carbonyl (C=O) groups excluding carboxylic acids is 2. The first-order valence-corrected chi connectivity index (χ1v) is 23.9. The van der Waals surface area contributed by atoms with Gasteiger partial charge in [0.15, 0.2) is 12.4 Å². The summed E-state index contributed by atoms with van der Waals surface area (Å²) in [5.74, 6) is -0.814. The summed E-state index contributed by atoms with van der Waals surface area (Å²) in [7, 11) is 0. The number of hydrogen-bond acceptors (Lipinski definition) is 10. The van der Waals surface area contributed by atoms with Gasteiger partial charge in [0.25, 0.3) is 0 Å². The number of allylic oxidation sites excluding steroid dienone is 4. The van der Waals surface area contributed by atoms with E-state index in [4.69, 9.17) is 18.9 Å². The fraction of sp³-hybridized carbons (Fsp3) is 0.875. The third kappa shape index (κ3) is 30.2. The lowest BCUT2D eigenvalue weighted by Crippen LogP contribution is -2.59. The minimum atomic E-state index is -1.59. The molecule has 1 rings (SSSR count). The van der Waals surface area contributed by atoms with E-state index in [1.807, 2.05) is 0 Å². The van der Waals surface area contributed by atoms with Gasteiger partial charge in [0.05, 0.1) is 13.2 Å². The second kappa shape index (κ2) is 39.3. The van der Waals surface area contributed by atoms with Crippen LogP contribution in [-0.4, -0.2) is 89.0 Å². The zero-order valence-electron chi connectivity index (χ0n) is 37.1. The lowest BCUT2D eigenvalue weighted by atomic mass is 9.99. The summed E-state index contributed by atoms with van der Waals surface area (Å²) < 4.78 is 22.2. The highest BCUT2D eigenvalue weighted by atomic mass is 16.7. The Morgan fingerprint density at radius 1 is 0.534 bits per heavy atom. The maximum Gasteiger partial charge on any atom is 0.306 e. The summed E-state index contributed by atoms with van der Waals surface area (Å²) in [4.78, 5) is 25.4. The van der Waals surface area contributed by atoms with Gasteiger partial charge in [-0.2, -0.15) is 0 Å². The molecule has 1 aliphatic heterocycles. The number of aliphatic hydroxyl groups is 4. The SMILES string of the molecule is CCCC/C=C/C/C=C/CCCCCCCC(=O)OC[C@H](CO[C@@H]1O[C@H](CO)[C@H](O)C(O)C1O)OC(=O)CCCCCCCCCCCCCCCCCCCCC. The largest absolute Gasteiger partial charge is 0.462 e. The summed E-state index contributed by atoms with van der Waals surface area (Å²) in [6.45, 7) is 3.39. The van der Waals surface area contributed by atoms with E-state index in [1.165, 1.54) is 109 Å². The lowest BCUT2D eigenvalue weighted by Gasteiger charge is -2.39. The number of rotatable bonds is 40. The van der Waals surface area contributed by atoms with Gasteiger partial charge in [0, 0.05) is 12.8 Å². The van der Waals surface area contributed by atoms with Crippen molar-refractivity contribution in [3.05, 3.63) is 24.3 Å². The lowest BCUT2D eigenvalue weighted by molar-refractivity contribution is -0.305. The Labute approximate surface area is 353 Å². The van der Waals surface area contributed by atoms with Crippen LogP contribution in [0.2, 0.25) is 0 Å². The predicted octanol–water partition coefficient (Wildman–Crippen LogP) is 10.5. The maximum atomic E-state index is 12.8. The molecule has 340 valence electrons. The second-order valence-electron chi connectivity index (χ2n) is 16.6. The molecule has 2 unspecified atom stereocenters. The Kier molecular flexibility index (Phi) is 36.7. The molecular weight excluding hydrogens is 737 g/mol. The summed E-state index contributed by atoms with van der Waals surface area (Å²) >= 11 is 0. The summed E-state index contributed by atoms with van der Waals surface area (Å²) in [6, 6.07) is 0. The molecule has 1 saturated heterocycles. The molecule has 0 aromatic heterocycles. The van der Waals surface area contributed by atoms with Gasteiger partial charge in [0.1, 0.15) is 31.0 Å². The van der Waals surface area contributed by atoms with Crippen molar-refractivity contribution in [2.45, 2.75) is 250 Å². The van der Waals surface area contributed by atoms with E-state index in [0.717, 1.165) is 64.2 Å². The van der Waals surface area contributed by atoms with Gasteiger partial charge in [-0.15, -0.1) is 0 Å². The molecule has 1 fully saturated rings. The van der Waals surface area contributed by atoms with Gasteiger partial charge >= 0.3 is 11.9 Å². The Balaban J connectivity index is 2.29. The highest BCUT2D eigenvalue weighted by Crippen LogP contribution is 2.23. The van der Waals surface area contributed by atoms with Crippen LogP contribution in [0.4, 0.5) is 0 Å². The van der Waals surface area contributed by atoms with Crippen molar-refractivity contribution in [2.75, 3.05) is 19.8 Å². The molecule has 0 amide bonds. The van der Waals surface area contributed by atoms with Crippen molar-refractivity contribution in [3.63, 3.8) is 0 Å². The zero-order chi connectivity index (χ0) is 42.3. The molecule has 0 aromatic rings. The minimum Gasteiger partial charge on any atom is -0.462 e. The number of unbranched alkanes of at least 4 members (excludes halogenated alkanes) is 25. The van der Waals surface area contributed by atoms with E-state index in [9.17, 15) is 30.0 Å². The highest BCUT2D eigenvalue weighted by Gasteiger charge is 2.44. The molecule has 58 heavy (non-hydrogen) atoms. The van der Waals surface area contributed by atoms with E-state index in [2.05, 4.69) is 38.2 Å². The number of carbonyl (C=O) groups is 2. The van der Waals surface area contributed by atoms with Crippen LogP contribution < -0.4 is 0 Å². The fourth-order valence-electron chi connectivity index (χ4n) is 7.26. The monoisotopic (exact) mass is 825 g/mol. The molecule has 0 saturated carbocycles. The van der Waals surface area contributed by atoms with Crippen molar-refractivity contribution in [2.24, 2.45) is 0 Å². The van der Waals surface area contributed by atoms with Gasteiger partial charge in [-0.1, -0.05) is 186 Å². The van der Waals surface area contributed by atoms with Crippen LogP contribution in [0.15, 0.2) is 24.3 Å². The Hall–Kier alpha value is -1.82. The Morgan fingerprint density at radius 2 is 0.983 bits per heavy atom. The van der Waals surface area contributed by atoms with E-state index in [-0.39, 0.29) is 32.0 Å². The molecule has 1 aliphatic rings. The standard InChI is InChI=1S/C48H88O10/c1-3-5-7-9-11-13-15-17-19-20-21-22-23-25-27-29-31-33-35-37-44(51)57-41(40-56-48-47(54)46(53)45(52)42(38-49)58-48)39-55-43(50)36-34-32-30-28-26-24-18-16-14-12-10-8-6-4-2/h10,12,16,18,41-42,45-49,52-54H,3-9,11,13-15,17,19-40H2,1-2H3/b12-10+,18-16+/t41-,42-,45+,46?,47?,48-/m1/s1. The van der Waals surface area contributed by atoms with E-state index >= 15 is 0 Å². The van der Waals surface area contributed by atoms with E-state index in [0.29, 0.717) is 12.8 Å². The smallest absolute Gasteiger partial charge is 0.306 e. The number of aliphatic hydroxyl groups excluding tert-OH is 4. The molecule has 6 atom stereocenters. The number of esters is 2. The van der Waals surface area contributed by atoms with Gasteiger partial charge < -0.3 is 39.4 Å². The maximum absolute atomic E-state index is 12.8.